The molecule has 1 unspecified atom stereocenters. The van der Waals surface area contributed by atoms with Gasteiger partial charge >= 0.3 is 0 Å². The van der Waals surface area contributed by atoms with Crippen LogP contribution in [-0.4, -0.2) is 35.2 Å². The summed E-state index contributed by atoms with van der Waals surface area (Å²) < 4.78 is 5.39. The van der Waals surface area contributed by atoms with Crippen LogP contribution in [0.1, 0.15) is 12.5 Å². The van der Waals surface area contributed by atoms with Crippen molar-refractivity contribution in [1.82, 2.24) is 9.88 Å². The van der Waals surface area contributed by atoms with Crippen LogP contribution < -0.4 is 0 Å². The van der Waals surface area contributed by atoms with Crippen LogP contribution in [0.4, 0.5) is 0 Å². The van der Waals surface area contributed by atoms with Crippen LogP contribution >= 0.6 is 0 Å². The number of nitrogens with zero attached hydrogens (tertiary/aromatic N) is 1. The molecule has 2 aromatic rings. The topological polar surface area (TPSA) is 45.3 Å². The number of para-hydroxylation sites is 1. The molecule has 1 aromatic carbocycles. The number of benzene rings is 1. The van der Waals surface area contributed by atoms with Crippen molar-refractivity contribution in [2.75, 3.05) is 13.2 Å². The van der Waals surface area contributed by atoms with Crippen LogP contribution in [0.2, 0.25) is 0 Å². The number of fused-ring (bicyclic) bond motifs is 1. The highest BCUT2D eigenvalue weighted by Crippen LogP contribution is 2.20. The smallest absolute Gasteiger partial charge is 0.229 e. The normalized spacial score (nSPS) is 19.6. The van der Waals surface area contributed by atoms with Gasteiger partial charge in [-0.1, -0.05) is 18.2 Å². The molecule has 1 aromatic heterocycles. The van der Waals surface area contributed by atoms with Crippen molar-refractivity contribution in [2.24, 2.45) is 0 Å². The van der Waals surface area contributed by atoms with Gasteiger partial charge in [0.05, 0.1) is 13.0 Å². The fourth-order valence-corrected chi connectivity index (χ4v) is 2.46. The van der Waals surface area contributed by atoms with Crippen molar-refractivity contribution in [3.63, 3.8) is 0 Å². The number of hydrogen-bond donors (Lipinski definition) is 1. The van der Waals surface area contributed by atoms with E-state index in [-0.39, 0.29) is 12.1 Å². The van der Waals surface area contributed by atoms with Gasteiger partial charge in [-0.05, 0) is 18.6 Å². The Morgan fingerprint density at radius 3 is 3.11 bits per heavy atom. The molecule has 1 atom stereocenters. The SMILES string of the molecule is CC1OCCN1C(=O)Cc1c[nH]c2ccccc12. The first-order valence-electron chi connectivity index (χ1n) is 6.22. The molecule has 18 heavy (non-hydrogen) atoms. The molecule has 94 valence electrons. The molecular formula is C14H16N2O2. The minimum Gasteiger partial charge on any atom is -0.361 e. The highest BCUT2D eigenvalue weighted by atomic mass is 16.5. The minimum atomic E-state index is -0.0947. The summed E-state index contributed by atoms with van der Waals surface area (Å²) in [7, 11) is 0. The van der Waals surface area contributed by atoms with Gasteiger partial charge < -0.3 is 14.6 Å². The molecule has 1 saturated heterocycles. The Morgan fingerprint density at radius 2 is 2.33 bits per heavy atom. The van der Waals surface area contributed by atoms with Crippen molar-refractivity contribution in [2.45, 2.75) is 19.6 Å². The molecule has 1 amide bonds. The van der Waals surface area contributed by atoms with Crippen LogP contribution in [0.5, 0.6) is 0 Å². The quantitative estimate of drug-likeness (QED) is 0.877. The molecule has 1 aliphatic rings. The van der Waals surface area contributed by atoms with Gasteiger partial charge in [-0.3, -0.25) is 4.79 Å². The van der Waals surface area contributed by atoms with Gasteiger partial charge in [-0.25, -0.2) is 0 Å². The lowest BCUT2D eigenvalue weighted by atomic mass is 10.1. The van der Waals surface area contributed by atoms with Crippen molar-refractivity contribution in [3.05, 3.63) is 36.0 Å². The Morgan fingerprint density at radius 1 is 1.50 bits per heavy atom. The number of nitrogens with one attached hydrogen (secondary N) is 1. The first kappa shape index (κ1) is 11.3. The lowest BCUT2D eigenvalue weighted by molar-refractivity contribution is -0.134. The van der Waals surface area contributed by atoms with Crippen LogP contribution in [0, 0.1) is 0 Å². The van der Waals surface area contributed by atoms with E-state index in [0.717, 1.165) is 16.5 Å². The molecular weight excluding hydrogens is 228 g/mol. The first-order valence-corrected chi connectivity index (χ1v) is 6.22. The van der Waals surface area contributed by atoms with E-state index < -0.39 is 0 Å². The van der Waals surface area contributed by atoms with Gasteiger partial charge in [-0.15, -0.1) is 0 Å². The number of H-pyrrole nitrogens is 1. The summed E-state index contributed by atoms with van der Waals surface area (Å²) in [5.41, 5.74) is 2.13. The van der Waals surface area contributed by atoms with Crippen LogP contribution in [0.15, 0.2) is 30.5 Å². The summed E-state index contributed by atoms with van der Waals surface area (Å²) in [6.45, 7) is 3.25. The lowest BCUT2D eigenvalue weighted by Crippen LogP contribution is -2.35. The second kappa shape index (κ2) is 4.46. The standard InChI is InChI=1S/C14H16N2O2/c1-10-16(6-7-18-10)14(17)8-11-9-15-13-5-3-2-4-12(11)13/h2-5,9-10,15H,6-8H2,1H3. The predicted octanol–water partition coefficient (Wildman–Crippen LogP) is 1.92. The fourth-order valence-electron chi connectivity index (χ4n) is 2.46. The van der Waals surface area contributed by atoms with Crippen molar-refractivity contribution in [3.8, 4) is 0 Å². The van der Waals surface area contributed by atoms with Gasteiger partial charge in [0.1, 0.15) is 6.23 Å². The number of ether oxygens (including phenoxy) is 1. The zero-order valence-corrected chi connectivity index (χ0v) is 10.3. The third-order valence-electron chi connectivity index (χ3n) is 3.47. The molecule has 1 aliphatic heterocycles. The van der Waals surface area contributed by atoms with E-state index in [1.807, 2.05) is 37.4 Å². The maximum atomic E-state index is 12.2. The van der Waals surface area contributed by atoms with E-state index in [4.69, 9.17) is 4.74 Å². The van der Waals surface area contributed by atoms with Gasteiger partial charge in [0.15, 0.2) is 0 Å². The maximum absolute atomic E-state index is 12.2. The van der Waals surface area contributed by atoms with Crippen molar-refractivity contribution < 1.29 is 9.53 Å². The van der Waals surface area contributed by atoms with Crippen LogP contribution in [-0.2, 0) is 16.0 Å². The van der Waals surface area contributed by atoms with E-state index >= 15 is 0 Å². The molecule has 4 nitrogen and oxygen atoms in total. The summed E-state index contributed by atoms with van der Waals surface area (Å²) in [6, 6.07) is 8.04. The molecule has 1 fully saturated rings. The summed E-state index contributed by atoms with van der Waals surface area (Å²) in [4.78, 5) is 17.2. The Kier molecular flexibility index (Phi) is 2.80. The van der Waals surface area contributed by atoms with E-state index in [2.05, 4.69) is 4.98 Å². The number of aromatic amines is 1. The largest absolute Gasteiger partial charge is 0.361 e. The number of hydrogen-bond acceptors (Lipinski definition) is 2. The minimum absolute atomic E-state index is 0.0947. The van der Waals surface area contributed by atoms with E-state index in [0.29, 0.717) is 19.6 Å². The molecule has 0 radical (unpaired) electrons. The zero-order valence-electron chi connectivity index (χ0n) is 10.3. The van der Waals surface area contributed by atoms with Crippen molar-refractivity contribution in [1.29, 1.82) is 0 Å². The molecule has 0 aliphatic carbocycles. The zero-order chi connectivity index (χ0) is 12.5. The Bertz CT molecular complexity index is 576. The monoisotopic (exact) mass is 244 g/mol. The molecule has 1 N–H and O–H groups in total. The molecule has 0 saturated carbocycles. The maximum Gasteiger partial charge on any atom is 0.229 e. The second-order valence-corrected chi connectivity index (χ2v) is 4.59. The van der Waals surface area contributed by atoms with E-state index in [9.17, 15) is 4.79 Å². The highest BCUT2D eigenvalue weighted by molar-refractivity contribution is 5.89. The summed E-state index contributed by atoms with van der Waals surface area (Å²) >= 11 is 0. The Hall–Kier alpha value is -1.81. The third kappa shape index (κ3) is 1.88. The highest BCUT2D eigenvalue weighted by Gasteiger charge is 2.26. The molecule has 3 rings (SSSR count). The van der Waals surface area contributed by atoms with E-state index in [1.54, 1.807) is 4.90 Å². The van der Waals surface area contributed by atoms with Gasteiger partial charge in [0, 0.05) is 23.6 Å². The summed E-state index contributed by atoms with van der Waals surface area (Å²) in [5, 5.41) is 1.12. The van der Waals surface area contributed by atoms with Crippen LogP contribution in [0.25, 0.3) is 10.9 Å². The number of carbonyl (C=O) groups is 1. The number of aromatic nitrogens is 1. The van der Waals surface area contributed by atoms with Crippen molar-refractivity contribution >= 4 is 16.8 Å². The molecule has 0 bridgehead atoms. The second-order valence-electron chi connectivity index (χ2n) is 4.59. The average molecular weight is 244 g/mol. The summed E-state index contributed by atoms with van der Waals surface area (Å²) in [5.74, 6) is 0.129. The average Bonchev–Trinajstić information content (AvgIpc) is 2.97. The Labute approximate surface area is 106 Å². The van der Waals surface area contributed by atoms with Crippen LogP contribution in [0.3, 0.4) is 0 Å². The molecule has 4 heteroatoms. The van der Waals surface area contributed by atoms with Gasteiger partial charge in [0.2, 0.25) is 5.91 Å². The number of carbonyl (C=O) groups excluding carboxylic acids is 1. The predicted molar refractivity (Wildman–Crippen MR) is 69.1 cm³/mol. The molecule has 2 heterocycles. The van der Waals surface area contributed by atoms with Gasteiger partial charge in [-0.2, -0.15) is 0 Å². The van der Waals surface area contributed by atoms with E-state index in [1.165, 1.54) is 0 Å². The number of rotatable bonds is 2. The first-order chi connectivity index (χ1) is 8.75. The lowest BCUT2D eigenvalue weighted by Gasteiger charge is -2.19. The fraction of sp³-hybridized carbons (Fsp3) is 0.357. The third-order valence-corrected chi connectivity index (χ3v) is 3.47. The Balaban J connectivity index is 1.82. The number of amides is 1. The van der Waals surface area contributed by atoms with Gasteiger partial charge in [0.25, 0.3) is 0 Å². The molecule has 0 spiro atoms. The summed E-state index contributed by atoms with van der Waals surface area (Å²) in [6.07, 6.45) is 2.25.